The predicted molar refractivity (Wildman–Crippen MR) is 84.6 cm³/mol. The molecule has 5 nitrogen and oxygen atoms in total. The maximum Gasteiger partial charge on any atom is 0.286 e. The van der Waals surface area contributed by atoms with Gasteiger partial charge in [0, 0.05) is 15.9 Å². The van der Waals surface area contributed by atoms with E-state index < -0.39 is 17.6 Å². The molecule has 0 aliphatic heterocycles. The molecule has 3 aromatic rings. The highest BCUT2D eigenvalue weighted by atomic mass is 35.5. The highest BCUT2D eigenvalue weighted by Gasteiger charge is 2.14. The van der Waals surface area contributed by atoms with Crippen molar-refractivity contribution in [3.8, 4) is 0 Å². The first kappa shape index (κ1) is 15.1. The molecule has 3 rings (SSSR count). The molecule has 2 aromatic carbocycles. The maximum atomic E-state index is 13.5. The van der Waals surface area contributed by atoms with Gasteiger partial charge in [0.05, 0.1) is 5.56 Å². The van der Waals surface area contributed by atoms with Gasteiger partial charge in [0.15, 0.2) is 0 Å². The van der Waals surface area contributed by atoms with Crippen molar-refractivity contribution < 1.29 is 14.0 Å². The summed E-state index contributed by atoms with van der Waals surface area (Å²) in [5, 5.41) is 1.32. The minimum absolute atomic E-state index is 0.156. The summed E-state index contributed by atoms with van der Waals surface area (Å²) in [6.07, 6.45) is 0. The minimum Gasteiger partial charge on any atom is -0.350 e. The fraction of sp³-hybridized carbons (Fsp3) is 0. The number of hydrogen-bond donors (Lipinski definition) is 3. The van der Waals surface area contributed by atoms with Crippen molar-refractivity contribution in [1.82, 2.24) is 15.8 Å². The first-order chi connectivity index (χ1) is 11.0. The summed E-state index contributed by atoms with van der Waals surface area (Å²) < 4.78 is 13.5. The first-order valence-electron chi connectivity index (χ1n) is 6.68. The zero-order valence-corrected chi connectivity index (χ0v) is 12.4. The quantitative estimate of drug-likeness (QED) is 0.631. The Hall–Kier alpha value is -2.86. The molecule has 0 atom stereocenters. The van der Waals surface area contributed by atoms with Crippen LogP contribution in [-0.2, 0) is 0 Å². The van der Waals surface area contributed by atoms with Gasteiger partial charge >= 0.3 is 0 Å². The number of H-pyrrole nitrogens is 1. The second kappa shape index (κ2) is 6.10. The lowest BCUT2D eigenvalue weighted by Crippen LogP contribution is -2.42. The molecule has 3 N–H and O–H groups in total. The average Bonchev–Trinajstić information content (AvgIpc) is 2.95. The largest absolute Gasteiger partial charge is 0.350 e. The second-order valence-corrected chi connectivity index (χ2v) is 5.24. The van der Waals surface area contributed by atoms with Crippen LogP contribution < -0.4 is 10.9 Å². The van der Waals surface area contributed by atoms with Gasteiger partial charge in [-0.3, -0.25) is 20.4 Å². The third kappa shape index (κ3) is 3.17. The number of benzene rings is 2. The first-order valence-corrected chi connectivity index (χ1v) is 7.06. The van der Waals surface area contributed by atoms with Crippen LogP contribution in [0.5, 0.6) is 0 Å². The average molecular weight is 332 g/mol. The van der Waals surface area contributed by atoms with E-state index >= 15 is 0 Å². The molecule has 7 heteroatoms. The fourth-order valence-electron chi connectivity index (χ4n) is 2.12. The number of hydrazine groups is 1. The monoisotopic (exact) mass is 331 g/mol. The number of carbonyl (C=O) groups excluding carboxylic acids is 2. The van der Waals surface area contributed by atoms with E-state index in [-0.39, 0.29) is 11.3 Å². The van der Waals surface area contributed by atoms with Gasteiger partial charge in [0.25, 0.3) is 11.8 Å². The third-order valence-electron chi connectivity index (χ3n) is 3.24. The molecule has 0 fully saturated rings. The fourth-order valence-corrected chi connectivity index (χ4v) is 2.30. The number of carbonyl (C=O) groups is 2. The van der Waals surface area contributed by atoms with Gasteiger partial charge in [-0.05, 0) is 36.4 Å². The molecule has 0 unspecified atom stereocenters. The summed E-state index contributed by atoms with van der Waals surface area (Å²) in [7, 11) is 0. The van der Waals surface area contributed by atoms with E-state index in [1.807, 2.05) is 0 Å². The zero-order chi connectivity index (χ0) is 16.4. The Balaban J connectivity index is 1.71. The van der Waals surface area contributed by atoms with Gasteiger partial charge < -0.3 is 4.98 Å². The molecule has 116 valence electrons. The lowest BCUT2D eigenvalue weighted by molar-refractivity contribution is 0.0842. The number of fused-ring (bicyclic) bond motifs is 1. The van der Waals surface area contributed by atoms with Crippen molar-refractivity contribution in [2.24, 2.45) is 0 Å². The van der Waals surface area contributed by atoms with Crippen molar-refractivity contribution >= 4 is 34.3 Å². The molecule has 2 amide bonds. The van der Waals surface area contributed by atoms with Gasteiger partial charge in [-0.1, -0.05) is 23.7 Å². The Kier molecular flexibility index (Phi) is 3.99. The van der Waals surface area contributed by atoms with Gasteiger partial charge in [0.2, 0.25) is 0 Å². The summed E-state index contributed by atoms with van der Waals surface area (Å²) in [5.74, 6) is -1.96. The van der Waals surface area contributed by atoms with E-state index in [4.69, 9.17) is 11.6 Å². The van der Waals surface area contributed by atoms with E-state index in [0.29, 0.717) is 5.02 Å². The van der Waals surface area contributed by atoms with Crippen LogP contribution in [0.4, 0.5) is 4.39 Å². The number of aromatic nitrogens is 1. The van der Waals surface area contributed by atoms with Gasteiger partial charge in [0.1, 0.15) is 11.5 Å². The predicted octanol–water partition coefficient (Wildman–Crippen LogP) is 3.04. The zero-order valence-electron chi connectivity index (χ0n) is 11.7. The highest BCUT2D eigenvalue weighted by molar-refractivity contribution is 6.31. The van der Waals surface area contributed by atoms with Crippen LogP contribution in [0.15, 0.2) is 48.5 Å². The SMILES string of the molecule is O=C(NNC(=O)c1ccccc1F)c1cc2cc(Cl)ccc2[nH]1. The Morgan fingerprint density at radius 3 is 2.52 bits per heavy atom. The summed E-state index contributed by atoms with van der Waals surface area (Å²) in [5.41, 5.74) is 5.23. The molecule has 0 spiro atoms. The van der Waals surface area contributed by atoms with Crippen molar-refractivity contribution in [1.29, 1.82) is 0 Å². The van der Waals surface area contributed by atoms with Gasteiger partial charge in [-0.15, -0.1) is 0 Å². The number of amides is 2. The van der Waals surface area contributed by atoms with Gasteiger partial charge in [-0.25, -0.2) is 4.39 Å². The lowest BCUT2D eigenvalue weighted by Gasteiger charge is -2.06. The van der Waals surface area contributed by atoms with Gasteiger partial charge in [-0.2, -0.15) is 0 Å². The molecule has 0 aliphatic carbocycles. The lowest BCUT2D eigenvalue weighted by atomic mass is 10.2. The topological polar surface area (TPSA) is 74.0 Å². The van der Waals surface area contributed by atoms with Crippen LogP contribution in [0.25, 0.3) is 10.9 Å². The van der Waals surface area contributed by atoms with E-state index in [9.17, 15) is 14.0 Å². The molecule has 0 bridgehead atoms. The van der Waals surface area contributed by atoms with Crippen LogP contribution in [-0.4, -0.2) is 16.8 Å². The highest BCUT2D eigenvalue weighted by Crippen LogP contribution is 2.19. The summed E-state index contributed by atoms with van der Waals surface area (Å²) in [6.45, 7) is 0. The van der Waals surface area contributed by atoms with Crippen LogP contribution >= 0.6 is 11.6 Å². The number of rotatable bonds is 2. The molecule has 23 heavy (non-hydrogen) atoms. The van der Waals surface area contributed by atoms with Crippen LogP contribution in [0.1, 0.15) is 20.8 Å². The summed E-state index contributed by atoms with van der Waals surface area (Å²) in [4.78, 5) is 26.8. The van der Waals surface area contributed by atoms with Crippen molar-refractivity contribution in [2.45, 2.75) is 0 Å². The van der Waals surface area contributed by atoms with E-state index in [1.54, 1.807) is 24.3 Å². The summed E-state index contributed by atoms with van der Waals surface area (Å²) >= 11 is 5.89. The van der Waals surface area contributed by atoms with Crippen molar-refractivity contribution in [2.75, 3.05) is 0 Å². The molecule has 1 aromatic heterocycles. The molecular formula is C16H11ClFN3O2. The van der Waals surface area contributed by atoms with Crippen LogP contribution in [0.2, 0.25) is 5.02 Å². The second-order valence-electron chi connectivity index (χ2n) is 4.80. The molecule has 1 heterocycles. The number of hydrogen-bond acceptors (Lipinski definition) is 2. The van der Waals surface area contributed by atoms with E-state index in [0.717, 1.165) is 17.0 Å². The molecular weight excluding hydrogens is 321 g/mol. The third-order valence-corrected chi connectivity index (χ3v) is 3.47. The van der Waals surface area contributed by atoms with E-state index in [1.165, 1.54) is 18.2 Å². The van der Waals surface area contributed by atoms with Crippen molar-refractivity contribution in [3.63, 3.8) is 0 Å². The molecule has 0 radical (unpaired) electrons. The number of aromatic amines is 1. The molecule has 0 saturated carbocycles. The van der Waals surface area contributed by atoms with E-state index in [2.05, 4.69) is 15.8 Å². The van der Waals surface area contributed by atoms with Crippen LogP contribution in [0.3, 0.4) is 0 Å². The number of halogens is 2. The Morgan fingerprint density at radius 1 is 1.00 bits per heavy atom. The number of nitrogens with one attached hydrogen (secondary N) is 3. The van der Waals surface area contributed by atoms with Crippen LogP contribution in [0, 0.1) is 5.82 Å². The maximum absolute atomic E-state index is 13.5. The summed E-state index contributed by atoms with van der Waals surface area (Å²) in [6, 6.07) is 12.2. The Labute approximate surface area is 135 Å². The molecule has 0 saturated heterocycles. The standard InChI is InChI=1S/C16H11ClFN3O2/c17-10-5-6-13-9(7-10)8-14(19-13)16(23)21-20-15(22)11-3-1-2-4-12(11)18/h1-8,19H,(H,20,22)(H,21,23). The smallest absolute Gasteiger partial charge is 0.286 e. The minimum atomic E-state index is -0.740. The Bertz CT molecular complexity index is 907. The normalized spacial score (nSPS) is 10.5. The Morgan fingerprint density at radius 2 is 1.74 bits per heavy atom. The van der Waals surface area contributed by atoms with Crippen molar-refractivity contribution in [3.05, 3.63) is 70.6 Å². The molecule has 0 aliphatic rings.